The quantitative estimate of drug-likeness (QED) is 0.872. The molecule has 104 valence electrons. The van der Waals surface area contributed by atoms with Crippen LogP contribution in [0.1, 0.15) is 45.1 Å². The van der Waals surface area contributed by atoms with Gasteiger partial charge >= 0.3 is 0 Å². The zero-order valence-corrected chi connectivity index (χ0v) is 12.3. The van der Waals surface area contributed by atoms with Crippen LogP contribution in [0.3, 0.4) is 0 Å². The van der Waals surface area contributed by atoms with E-state index in [4.69, 9.17) is 0 Å². The standard InChI is InChI=1S/C17H26N2/c1-17(2)13-19(12-14-7-3-4-8-14)16-10-6-5-9-15(16)11-18-17/h5-6,9-10,14,18H,3-4,7-8,11-13H2,1-2H3. The molecule has 2 heteroatoms. The minimum Gasteiger partial charge on any atom is -0.369 e. The number of nitrogens with one attached hydrogen (secondary N) is 1. The highest BCUT2D eigenvalue weighted by Crippen LogP contribution is 2.31. The molecule has 0 saturated heterocycles. The third-order valence-corrected chi connectivity index (χ3v) is 4.63. The summed E-state index contributed by atoms with van der Waals surface area (Å²) in [6.07, 6.45) is 5.71. The highest BCUT2D eigenvalue weighted by molar-refractivity contribution is 5.55. The summed E-state index contributed by atoms with van der Waals surface area (Å²) in [5, 5.41) is 3.69. The Morgan fingerprint density at radius 3 is 2.74 bits per heavy atom. The molecule has 0 bridgehead atoms. The molecule has 0 spiro atoms. The van der Waals surface area contributed by atoms with Gasteiger partial charge in [0.15, 0.2) is 0 Å². The molecule has 1 aliphatic heterocycles. The molecule has 1 saturated carbocycles. The summed E-state index contributed by atoms with van der Waals surface area (Å²) in [5.41, 5.74) is 3.09. The molecule has 19 heavy (non-hydrogen) atoms. The van der Waals surface area contributed by atoms with Crippen molar-refractivity contribution in [3.8, 4) is 0 Å². The van der Waals surface area contributed by atoms with Crippen molar-refractivity contribution in [1.82, 2.24) is 5.32 Å². The number of fused-ring (bicyclic) bond motifs is 1. The van der Waals surface area contributed by atoms with Gasteiger partial charge in [-0.3, -0.25) is 0 Å². The first kappa shape index (κ1) is 13.0. The van der Waals surface area contributed by atoms with E-state index in [1.54, 1.807) is 0 Å². The minimum atomic E-state index is 0.192. The topological polar surface area (TPSA) is 15.3 Å². The van der Waals surface area contributed by atoms with Crippen LogP contribution in [-0.2, 0) is 6.54 Å². The van der Waals surface area contributed by atoms with Crippen molar-refractivity contribution in [2.75, 3.05) is 18.0 Å². The lowest BCUT2D eigenvalue weighted by atomic mass is 10.0. The summed E-state index contributed by atoms with van der Waals surface area (Å²) in [4.78, 5) is 2.63. The molecular formula is C17H26N2. The van der Waals surface area contributed by atoms with Crippen LogP contribution < -0.4 is 10.2 Å². The normalized spacial score (nSPS) is 23.2. The predicted molar refractivity (Wildman–Crippen MR) is 81.5 cm³/mol. The van der Waals surface area contributed by atoms with E-state index in [2.05, 4.69) is 48.3 Å². The first-order chi connectivity index (χ1) is 9.14. The van der Waals surface area contributed by atoms with Crippen LogP contribution in [0.15, 0.2) is 24.3 Å². The fourth-order valence-electron chi connectivity index (χ4n) is 3.59. The summed E-state index contributed by atoms with van der Waals surface area (Å²) in [6.45, 7) is 7.98. The first-order valence-corrected chi connectivity index (χ1v) is 7.72. The monoisotopic (exact) mass is 258 g/mol. The third kappa shape index (κ3) is 2.94. The molecule has 1 heterocycles. The summed E-state index contributed by atoms with van der Waals surface area (Å²) in [5.74, 6) is 0.905. The Balaban J connectivity index is 1.85. The molecule has 0 radical (unpaired) electrons. The van der Waals surface area contributed by atoms with E-state index in [-0.39, 0.29) is 5.54 Å². The number of anilines is 1. The zero-order chi connectivity index (χ0) is 13.3. The van der Waals surface area contributed by atoms with Gasteiger partial charge in [0, 0.05) is 30.9 Å². The van der Waals surface area contributed by atoms with Crippen LogP contribution in [0.2, 0.25) is 0 Å². The number of hydrogen-bond donors (Lipinski definition) is 1. The van der Waals surface area contributed by atoms with Crippen molar-refractivity contribution >= 4 is 5.69 Å². The van der Waals surface area contributed by atoms with Crippen LogP contribution >= 0.6 is 0 Å². The number of rotatable bonds is 2. The van der Waals surface area contributed by atoms with Gasteiger partial charge in [0.25, 0.3) is 0 Å². The van der Waals surface area contributed by atoms with E-state index in [9.17, 15) is 0 Å². The molecule has 0 aromatic heterocycles. The highest BCUT2D eigenvalue weighted by atomic mass is 15.2. The average molecular weight is 258 g/mol. The fourth-order valence-corrected chi connectivity index (χ4v) is 3.59. The Morgan fingerprint density at radius 2 is 1.95 bits per heavy atom. The van der Waals surface area contributed by atoms with Gasteiger partial charge in [-0.15, -0.1) is 0 Å². The largest absolute Gasteiger partial charge is 0.369 e. The molecular weight excluding hydrogens is 232 g/mol. The van der Waals surface area contributed by atoms with Gasteiger partial charge in [-0.1, -0.05) is 31.0 Å². The summed E-state index contributed by atoms with van der Waals surface area (Å²) < 4.78 is 0. The Bertz CT molecular complexity index is 433. The lowest BCUT2D eigenvalue weighted by Gasteiger charge is -2.33. The van der Waals surface area contributed by atoms with Crippen LogP contribution in [0.25, 0.3) is 0 Å². The average Bonchev–Trinajstić information content (AvgIpc) is 2.84. The van der Waals surface area contributed by atoms with Crippen LogP contribution in [-0.4, -0.2) is 18.6 Å². The smallest absolute Gasteiger partial charge is 0.0412 e. The molecule has 0 amide bonds. The van der Waals surface area contributed by atoms with Crippen LogP contribution in [0, 0.1) is 5.92 Å². The second-order valence-electron chi connectivity index (χ2n) is 6.90. The lowest BCUT2D eigenvalue weighted by molar-refractivity contribution is 0.385. The van der Waals surface area contributed by atoms with Gasteiger partial charge in [0.1, 0.15) is 0 Å². The minimum absolute atomic E-state index is 0.192. The van der Waals surface area contributed by atoms with Crippen molar-refractivity contribution in [1.29, 1.82) is 0 Å². The van der Waals surface area contributed by atoms with Crippen molar-refractivity contribution in [2.45, 2.75) is 51.6 Å². The Hall–Kier alpha value is -1.02. The fraction of sp³-hybridized carbons (Fsp3) is 0.647. The molecule has 1 aromatic carbocycles. The molecule has 1 N–H and O–H groups in total. The van der Waals surface area contributed by atoms with Crippen LogP contribution in [0.4, 0.5) is 5.69 Å². The van der Waals surface area contributed by atoms with Gasteiger partial charge in [-0.05, 0) is 44.2 Å². The molecule has 2 nitrogen and oxygen atoms in total. The van der Waals surface area contributed by atoms with E-state index in [1.807, 2.05) is 0 Å². The van der Waals surface area contributed by atoms with E-state index in [1.165, 1.54) is 43.5 Å². The number of benzene rings is 1. The van der Waals surface area contributed by atoms with Crippen molar-refractivity contribution in [2.24, 2.45) is 5.92 Å². The summed E-state index contributed by atoms with van der Waals surface area (Å²) in [6, 6.07) is 8.91. The molecule has 1 fully saturated rings. The molecule has 2 aliphatic rings. The highest BCUT2D eigenvalue weighted by Gasteiger charge is 2.28. The molecule has 1 aliphatic carbocycles. The predicted octanol–water partition coefficient (Wildman–Crippen LogP) is 3.57. The molecule has 1 aromatic rings. The third-order valence-electron chi connectivity index (χ3n) is 4.63. The molecule has 0 unspecified atom stereocenters. The lowest BCUT2D eigenvalue weighted by Crippen LogP contribution is -2.47. The maximum atomic E-state index is 3.69. The molecule has 3 rings (SSSR count). The summed E-state index contributed by atoms with van der Waals surface area (Å²) >= 11 is 0. The maximum absolute atomic E-state index is 3.69. The number of para-hydroxylation sites is 1. The number of nitrogens with zero attached hydrogens (tertiary/aromatic N) is 1. The molecule has 0 atom stereocenters. The first-order valence-electron chi connectivity index (χ1n) is 7.72. The van der Waals surface area contributed by atoms with Gasteiger partial charge < -0.3 is 10.2 Å². The van der Waals surface area contributed by atoms with Gasteiger partial charge in [0.2, 0.25) is 0 Å². The van der Waals surface area contributed by atoms with Crippen molar-refractivity contribution in [3.63, 3.8) is 0 Å². The summed E-state index contributed by atoms with van der Waals surface area (Å²) in [7, 11) is 0. The van der Waals surface area contributed by atoms with Gasteiger partial charge in [-0.2, -0.15) is 0 Å². The van der Waals surface area contributed by atoms with E-state index in [0.29, 0.717) is 0 Å². The van der Waals surface area contributed by atoms with E-state index < -0.39 is 0 Å². The van der Waals surface area contributed by atoms with E-state index >= 15 is 0 Å². The van der Waals surface area contributed by atoms with Gasteiger partial charge in [0.05, 0.1) is 0 Å². The van der Waals surface area contributed by atoms with Crippen LogP contribution in [0.5, 0.6) is 0 Å². The van der Waals surface area contributed by atoms with Gasteiger partial charge in [-0.25, -0.2) is 0 Å². The van der Waals surface area contributed by atoms with E-state index in [0.717, 1.165) is 19.0 Å². The Kier molecular flexibility index (Phi) is 3.53. The SMILES string of the molecule is CC1(C)CN(CC2CCCC2)c2ccccc2CN1. The van der Waals surface area contributed by atoms with Crippen molar-refractivity contribution in [3.05, 3.63) is 29.8 Å². The second-order valence-corrected chi connectivity index (χ2v) is 6.90. The zero-order valence-electron chi connectivity index (χ0n) is 12.3. The Labute approximate surface area is 117 Å². The Morgan fingerprint density at radius 1 is 1.21 bits per heavy atom. The maximum Gasteiger partial charge on any atom is 0.0412 e. The second kappa shape index (κ2) is 5.16. The number of hydrogen-bond acceptors (Lipinski definition) is 2. The van der Waals surface area contributed by atoms with Crippen molar-refractivity contribution < 1.29 is 0 Å².